The topological polar surface area (TPSA) is 28.5 Å². The molecule has 28 valence electrons. The van der Waals surface area contributed by atoms with Gasteiger partial charge in [-0.25, -0.2) is 0 Å². The molecule has 5 heavy (non-hydrogen) atoms. The van der Waals surface area contributed by atoms with E-state index in [4.69, 9.17) is 0 Å². The van der Waals surface area contributed by atoms with Crippen LogP contribution in [0.2, 0.25) is 0 Å². The molecule has 0 aliphatic rings. The van der Waals surface area contributed by atoms with E-state index in [1.807, 2.05) is 0 Å². The van der Waals surface area contributed by atoms with Crippen molar-refractivity contribution in [1.82, 2.24) is 0 Å². The van der Waals surface area contributed by atoms with Crippen LogP contribution in [0.15, 0.2) is 0 Å². The first kappa shape index (κ1) is 51.3. The quantitative estimate of drug-likeness (QED) is 0.316. The van der Waals surface area contributed by atoms with E-state index >= 15 is 0 Å². The third kappa shape index (κ3) is 21.2. The summed E-state index contributed by atoms with van der Waals surface area (Å²) in [5.41, 5.74) is 0. The van der Waals surface area contributed by atoms with Gasteiger partial charge in [-0.3, -0.25) is 0 Å². The van der Waals surface area contributed by atoms with Gasteiger partial charge in [-0.05, 0) is 0 Å². The molecule has 0 aromatic carbocycles. The second-order valence-corrected chi connectivity index (χ2v) is 0. The van der Waals surface area contributed by atoms with E-state index in [-0.39, 0.29) is 94.1 Å². The van der Waals surface area contributed by atoms with Crippen molar-refractivity contribution in [1.29, 1.82) is 0 Å². The first-order valence-corrected chi connectivity index (χ1v) is 0. The predicted octanol–water partition coefficient (Wildman–Crippen LogP) is -12.1. The monoisotopic (exact) mass is 160 g/mol. The zero-order valence-electron chi connectivity index (χ0n) is 2.54. The van der Waals surface area contributed by atoms with Gasteiger partial charge < -0.3 is 37.2 Å². The fourth-order valence-electron chi connectivity index (χ4n) is 0. The minimum Gasteiger partial charge on any atom is -1.00 e. The minimum atomic E-state index is 0. The van der Waals surface area contributed by atoms with Crippen LogP contribution in [0.25, 0.3) is 0 Å². The maximum absolute atomic E-state index is 0. The van der Waals surface area contributed by atoms with Gasteiger partial charge in [0.05, 0.1) is 0 Å². The number of halogens is 3. The van der Waals surface area contributed by atoms with Gasteiger partial charge in [0, 0.05) is 0 Å². The Kier molecular flexibility index (Phi) is 326. The van der Waals surface area contributed by atoms with Crippen molar-refractivity contribution in [2.24, 2.45) is 0 Å². The zero-order chi connectivity index (χ0) is 0. The Hall–Kier alpha value is 2.47. The van der Waals surface area contributed by atoms with Gasteiger partial charge in [-0.1, -0.05) is 0 Å². The van der Waals surface area contributed by atoms with Crippen molar-refractivity contribution in [3.05, 3.63) is 0 Å². The van der Waals surface area contributed by atoms with Crippen LogP contribution in [0.1, 0.15) is 0 Å². The van der Waals surface area contributed by atoms with E-state index in [1.165, 1.54) is 0 Å². The molecule has 0 aromatic heterocycles. The third-order valence-corrected chi connectivity index (χ3v) is 0. The largest absolute Gasteiger partial charge is 2.00 e. The molecular formula is Cl3KO. The van der Waals surface area contributed by atoms with E-state index in [9.17, 15) is 0 Å². The number of hydrogen-bond donors (Lipinski definition) is 0. The summed E-state index contributed by atoms with van der Waals surface area (Å²) in [7, 11) is 0. The van der Waals surface area contributed by atoms with E-state index in [0.29, 0.717) is 0 Å². The summed E-state index contributed by atoms with van der Waals surface area (Å²) in [6.07, 6.45) is 0. The molecule has 1 nitrogen and oxygen atoms in total. The molecule has 5 heteroatoms. The van der Waals surface area contributed by atoms with E-state index < -0.39 is 0 Å². The van der Waals surface area contributed by atoms with Crippen molar-refractivity contribution < 1.29 is 94.1 Å². The molecule has 0 fully saturated rings. The van der Waals surface area contributed by atoms with Crippen molar-refractivity contribution in [3.63, 3.8) is 0 Å². The van der Waals surface area contributed by atoms with Gasteiger partial charge in [0.1, 0.15) is 0 Å². The minimum absolute atomic E-state index is 0. The van der Waals surface area contributed by atoms with Crippen LogP contribution >= 0.6 is 0 Å². The Morgan fingerprint density at radius 1 is 0.600 bits per heavy atom. The maximum Gasteiger partial charge on any atom is 2.00 e. The maximum atomic E-state index is 0. The molecule has 0 aromatic rings. The van der Waals surface area contributed by atoms with Crippen molar-refractivity contribution in [3.8, 4) is 0 Å². The molecule has 0 bridgehead atoms. The van der Waals surface area contributed by atoms with Crippen molar-refractivity contribution in [2.45, 2.75) is 0 Å². The molecule has 0 heterocycles. The smallest absolute Gasteiger partial charge is 1.00 e. The van der Waals surface area contributed by atoms with E-state index in [2.05, 4.69) is 0 Å². The first-order chi connectivity index (χ1) is 0. The SMILES string of the molecule is [Cl-].[Cl-].[Cl-].[K+].[O+2]. The summed E-state index contributed by atoms with van der Waals surface area (Å²) in [4.78, 5) is 0. The number of rotatable bonds is 0. The molecule has 0 N–H and O–H groups in total. The van der Waals surface area contributed by atoms with E-state index in [1.54, 1.807) is 0 Å². The van der Waals surface area contributed by atoms with Crippen LogP contribution in [0.4, 0.5) is 0 Å². The summed E-state index contributed by atoms with van der Waals surface area (Å²) >= 11 is 0. The van der Waals surface area contributed by atoms with E-state index in [0.717, 1.165) is 0 Å². The van der Waals surface area contributed by atoms with Gasteiger partial charge in [-0.15, -0.1) is 0 Å². The molecule has 0 amide bonds. The second-order valence-electron chi connectivity index (χ2n) is 0. The van der Waals surface area contributed by atoms with Crippen LogP contribution in [0.3, 0.4) is 0 Å². The molecule has 0 spiro atoms. The molecule has 0 saturated carbocycles. The molecule has 4 radical (unpaired) electrons. The standard InChI is InChI=1S/3ClH.K.O/h3*1H;;/q;;;+1;+2/p-3. The Bertz CT molecular complexity index is 6.85. The Morgan fingerprint density at radius 2 is 0.600 bits per heavy atom. The summed E-state index contributed by atoms with van der Waals surface area (Å²) < 4.78 is 0. The molecule has 0 unspecified atom stereocenters. The fraction of sp³-hybridized carbons (Fsp3) is 0. The Morgan fingerprint density at radius 3 is 0.600 bits per heavy atom. The van der Waals surface area contributed by atoms with Crippen LogP contribution in [-0.4, -0.2) is 0 Å². The molecule has 0 rings (SSSR count). The number of hydrogen-bond acceptors (Lipinski definition) is 0. The summed E-state index contributed by atoms with van der Waals surface area (Å²) in [5.74, 6) is 0. The normalized spacial score (nSPS) is 0. The van der Waals surface area contributed by atoms with Gasteiger partial charge in [-0.2, -0.15) is 0 Å². The molecule has 0 saturated heterocycles. The van der Waals surface area contributed by atoms with Gasteiger partial charge in [0.2, 0.25) is 0 Å². The summed E-state index contributed by atoms with van der Waals surface area (Å²) in [6, 6.07) is 0. The predicted molar refractivity (Wildman–Crippen MR) is 0.686 cm³/mol. The van der Waals surface area contributed by atoms with Crippen LogP contribution < -0.4 is 88.6 Å². The first-order valence-electron chi connectivity index (χ1n) is 0. The Labute approximate surface area is 92.2 Å². The van der Waals surface area contributed by atoms with Crippen LogP contribution in [-0.2, 0) is 5.48 Å². The van der Waals surface area contributed by atoms with Crippen LogP contribution in [0.5, 0.6) is 0 Å². The van der Waals surface area contributed by atoms with Crippen molar-refractivity contribution >= 4 is 0 Å². The zero-order valence-corrected chi connectivity index (χ0v) is 7.93. The fourth-order valence-corrected chi connectivity index (χ4v) is 0. The van der Waals surface area contributed by atoms with Gasteiger partial charge in [0.15, 0.2) is 0 Å². The molecular weight excluding hydrogens is 161 g/mol. The Balaban J connectivity index is 0. The summed E-state index contributed by atoms with van der Waals surface area (Å²) in [5, 5.41) is 0. The second kappa shape index (κ2) is 31.8. The third-order valence-electron chi connectivity index (χ3n) is 0. The molecule has 0 atom stereocenters. The van der Waals surface area contributed by atoms with Crippen molar-refractivity contribution in [2.75, 3.05) is 0 Å². The molecule has 0 aliphatic carbocycles. The average molecular weight is 161 g/mol. The van der Waals surface area contributed by atoms with Gasteiger partial charge in [0.25, 0.3) is 0 Å². The van der Waals surface area contributed by atoms with Crippen LogP contribution in [0, 0.1) is 0 Å². The average Bonchev–Trinajstić information content (AvgIpc) is 0. The van der Waals surface area contributed by atoms with Gasteiger partial charge >= 0.3 is 56.9 Å². The summed E-state index contributed by atoms with van der Waals surface area (Å²) in [6.45, 7) is 0. The molecule has 0 aliphatic heterocycles.